The number of halogens is 4. The second kappa shape index (κ2) is 5.65. The van der Waals surface area contributed by atoms with Crippen molar-refractivity contribution < 1.29 is 27.8 Å². The van der Waals surface area contributed by atoms with Gasteiger partial charge in [-0.25, -0.2) is 4.79 Å². The highest BCUT2D eigenvalue weighted by Gasteiger charge is 2.32. The van der Waals surface area contributed by atoms with E-state index < -0.39 is 18.1 Å². The molecule has 0 radical (unpaired) electrons. The van der Waals surface area contributed by atoms with E-state index in [9.17, 15) is 18.0 Å². The summed E-state index contributed by atoms with van der Waals surface area (Å²) in [4.78, 5) is 11.0. The van der Waals surface area contributed by atoms with E-state index in [1.807, 2.05) is 0 Å². The number of ether oxygens (including phenoxy) is 1. The van der Waals surface area contributed by atoms with Crippen LogP contribution in [0.3, 0.4) is 0 Å². The van der Waals surface area contributed by atoms with Crippen molar-refractivity contribution in [2.45, 2.75) is 6.36 Å². The van der Waals surface area contributed by atoms with Crippen molar-refractivity contribution >= 4 is 17.6 Å². The van der Waals surface area contributed by atoms with Gasteiger partial charge in [0.05, 0.1) is 5.56 Å². The minimum absolute atomic E-state index is 0.0583. The van der Waals surface area contributed by atoms with Crippen LogP contribution in [-0.2, 0) is 0 Å². The van der Waals surface area contributed by atoms with Crippen molar-refractivity contribution in [3.63, 3.8) is 0 Å². The maximum Gasteiger partial charge on any atom is 0.573 e. The molecular formula is C14H8ClF3O3. The monoisotopic (exact) mass is 316 g/mol. The Morgan fingerprint density at radius 2 is 1.76 bits per heavy atom. The van der Waals surface area contributed by atoms with E-state index in [1.54, 1.807) is 0 Å². The number of aromatic carboxylic acids is 1. The number of benzene rings is 2. The molecule has 0 saturated heterocycles. The summed E-state index contributed by atoms with van der Waals surface area (Å²) in [7, 11) is 0. The van der Waals surface area contributed by atoms with Crippen molar-refractivity contribution in [1.82, 2.24) is 0 Å². The first kappa shape index (κ1) is 15.2. The zero-order valence-electron chi connectivity index (χ0n) is 10.3. The van der Waals surface area contributed by atoms with Crippen molar-refractivity contribution in [2.75, 3.05) is 0 Å². The largest absolute Gasteiger partial charge is 0.573 e. The molecule has 0 atom stereocenters. The van der Waals surface area contributed by atoms with E-state index in [2.05, 4.69) is 4.74 Å². The normalized spacial score (nSPS) is 11.2. The summed E-state index contributed by atoms with van der Waals surface area (Å²) in [5, 5.41) is 9.07. The molecule has 0 saturated carbocycles. The molecule has 0 aliphatic rings. The Kier molecular flexibility index (Phi) is 4.09. The molecule has 7 heteroatoms. The molecular weight excluding hydrogens is 309 g/mol. The standard InChI is InChI=1S/C14H8ClF3O3/c15-11-6-5-8(13(19)20)7-10(11)9-3-1-2-4-12(9)21-14(16,17)18/h1-7H,(H,19,20). The van der Waals surface area contributed by atoms with Crippen LogP contribution in [0.5, 0.6) is 5.75 Å². The van der Waals surface area contributed by atoms with Gasteiger partial charge < -0.3 is 9.84 Å². The molecule has 0 amide bonds. The van der Waals surface area contributed by atoms with Crippen molar-refractivity contribution in [3.05, 3.63) is 53.1 Å². The topological polar surface area (TPSA) is 46.5 Å². The highest BCUT2D eigenvalue weighted by atomic mass is 35.5. The average Bonchev–Trinajstić information content (AvgIpc) is 2.38. The van der Waals surface area contributed by atoms with Crippen LogP contribution in [0.25, 0.3) is 11.1 Å². The highest BCUT2D eigenvalue weighted by Crippen LogP contribution is 2.37. The number of rotatable bonds is 3. The van der Waals surface area contributed by atoms with E-state index >= 15 is 0 Å². The summed E-state index contributed by atoms with van der Waals surface area (Å²) in [6.07, 6.45) is -4.85. The number of hydrogen-bond acceptors (Lipinski definition) is 2. The van der Waals surface area contributed by atoms with Crippen LogP contribution in [0.1, 0.15) is 10.4 Å². The summed E-state index contributed by atoms with van der Waals surface area (Å²) in [5.41, 5.74) is 0.121. The van der Waals surface area contributed by atoms with Crippen LogP contribution < -0.4 is 4.74 Å². The number of alkyl halides is 3. The molecule has 0 aliphatic carbocycles. The van der Waals surface area contributed by atoms with E-state index in [-0.39, 0.29) is 21.7 Å². The van der Waals surface area contributed by atoms with E-state index in [0.29, 0.717) is 0 Å². The molecule has 2 rings (SSSR count). The fourth-order valence-electron chi connectivity index (χ4n) is 1.77. The fraction of sp³-hybridized carbons (Fsp3) is 0.0714. The average molecular weight is 317 g/mol. The highest BCUT2D eigenvalue weighted by molar-refractivity contribution is 6.33. The summed E-state index contributed by atoms with van der Waals surface area (Å²) < 4.78 is 41.1. The summed E-state index contributed by atoms with van der Waals surface area (Å²) in [6.45, 7) is 0. The molecule has 0 aromatic heterocycles. The van der Waals surface area contributed by atoms with Gasteiger partial charge in [-0.3, -0.25) is 0 Å². The van der Waals surface area contributed by atoms with Gasteiger partial charge >= 0.3 is 12.3 Å². The lowest BCUT2D eigenvalue weighted by molar-refractivity contribution is -0.274. The van der Waals surface area contributed by atoms with Gasteiger partial charge in [0.2, 0.25) is 0 Å². The summed E-state index contributed by atoms with van der Waals surface area (Å²) >= 11 is 5.95. The minimum atomic E-state index is -4.85. The van der Waals surface area contributed by atoms with Crippen molar-refractivity contribution in [1.29, 1.82) is 0 Å². The van der Waals surface area contributed by atoms with Crippen LogP contribution in [-0.4, -0.2) is 17.4 Å². The third-order valence-corrected chi connectivity index (χ3v) is 2.95. The Morgan fingerprint density at radius 1 is 1.10 bits per heavy atom. The molecule has 110 valence electrons. The molecule has 2 aromatic rings. The van der Waals surface area contributed by atoms with E-state index in [0.717, 1.165) is 6.07 Å². The number of carboxylic acid groups (broad SMARTS) is 1. The van der Waals surface area contributed by atoms with Crippen LogP contribution in [0.4, 0.5) is 13.2 Å². The maximum atomic E-state index is 12.4. The lowest BCUT2D eigenvalue weighted by Crippen LogP contribution is -2.17. The Bertz CT molecular complexity index is 683. The van der Waals surface area contributed by atoms with Gasteiger partial charge in [-0.1, -0.05) is 29.8 Å². The minimum Gasteiger partial charge on any atom is -0.478 e. The third-order valence-electron chi connectivity index (χ3n) is 2.62. The number of carbonyl (C=O) groups is 1. The lowest BCUT2D eigenvalue weighted by atomic mass is 10.0. The molecule has 21 heavy (non-hydrogen) atoms. The molecule has 0 unspecified atom stereocenters. The quantitative estimate of drug-likeness (QED) is 0.900. The Balaban J connectivity index is 2.56. The summed E-state index contributed by atoms with van der Waals surface area (Å²) in [5.74, 6) is -1.66. The number of hydrogen-bond donors (Lipinski definition) is 1. The first-order chi connectivity index (χ1) is 9.78. The first-order valence-electron chi connectivity index (χ1n) is 5.66. The predicted molar refractivity (Wildman–Crippen MR) is 70.5 cm³/mol. The Morgan fingerprint density at radius 3 is 2.38 bits per heavy atom. The van der Waals surface area contributed by atoms with Gasteiger partial charge in [0.15, 0.2) is 0 Å². The van der Waals surface area contributed by atoms with Crippen LogP contribution in [0.15, 0.2) is 42.5 Å². The fourth-order valence-corrected chi connectivity index (χ4v) is 1.99. The molecule has 2 aromatic carbocycles. The Hall–Kier alpha value is -2.21. The second-order valence-corrected chi connectivity index (χ2v) is 4.45. The van der Waals surface area contributed by atoms with Crippen LogP contribution in [0, 0.1) is 0 Å². The van der Waals surface area contributed by atoms with Gasteiger partial charge in [-0.2, -0.15) is 0 Å². The lowest BCUT2D eigenvalue weighted by Gasteiger charge is -2.14. The smallest absolute Gasteiger partial charge is 0.478 e. The molecule has 1 N–H and O–H groups in total. The Labute approximate surface area is 122 Å². The van der Waals surface area contributed by atoms with Crippen molar-refractivity contribution in [2.24, 2.45) is 0 Å². The zero-order chi connectivity index (χ0) is 15.6. The van der Waals surface area contributed by atoms with Crippen molar-refractivity contribution in [3.8, 4) is 16.9 Å². The van der Waals surface area contributed by atoms with Crippen LogP contribution >= 0.6 is 11.6 Å². The van der Waals surface area contributed by atoms with Gasteiger partial charge in [-0.05, 0) is 24.3 Å². The van der Waals surface area contributed by atoms with Gasteiger partial charge in [-0.15, -0.1) is 13.2 Å². The predicted octanol–water partition coefficient (Wildman–Crippen LogP) is 4.60. The molecule has 0 bridgehead atoms. The van der Waals surface area contributed by atoms with Gasteiger partial charge in [0, 0.05) is 16.1 Å². The molecule has 0 spiro atoms. The SMILES string of the molecule is O=C(O)c1ccc(Cl)c(-c2ccccc2OC(F)(F)F)c1. The number of carboxylic acids is 1. The van der Waals surface area contributed by atoms with Gasteiger partial charge in [0.1, 0.15) is 5.75 Å². The van der Waals surface area contributed by atoms with Gasteiger partial charge in [0.25, 0.3) is 0 Å². The third kappa shape index (κ3) is 3.66. The maximum absolute atomic E-state index is 12.4. The number of para-hydroxylation sites is 1. The zero-order valence-corrected chi connectivity index (χ0v) is 11.1. The molecule has 0 aliphatic heterocycles. The second-order valence-electron chi connectivity index (χ2n) is 4.04. The van der Waals surface area contributed by atoms with Crippen LogP contribution in [0.2, 0.25) is 5.02 Å². The molecule has 0 heterocycles. The molecule has 3 nitrogen and oxygen atoms in total. The molecule has 0 fully saturated rings. The summed E-state index contributed by atoms with van der Waals surface area (Å²) in [6, 6.07) is 9.15. The van der Waals surface area contributed by atoms with E-state index in [4.69, 9.17) is 16.7 Å². The van der Waals surface area contributed by atoms with E-state index in [1.165, 1.54) is 36.4 Å². The first-order valence-corrected chi connectivity index (χ1v) is 6.04.